The number of fused-ring (bicyclic) bond motifs is 3. The molecule has 0 spiro atoms. The Morgan fingerprint density at radius 1 is 1.05 bits per heavy atom. The molecule has 4 aromatic rings. The molecule has 8 heteroatoms. The lowest BCUT2D eigenvalue weighted by Gasteiger charge is -2.29. The Hall–Kier alpha value is -3.78. The zero-order chi connectivity index (χ0) is 29.8. The Kier molecular flexibility index (Phi) is 7.29. The monoisotopic (exact) mass is 571 g/mol. The van der Waals surface area contributed by atoms with Gasteiger partial charge in [0.2, 0.25) is 0 Å². The van der Waals surface area contributed by atoms with E-state index in [1.807, 2.05) is 40.7 Å². The van der Waals surface area contributed by atoms with Crippen molar-refractivity contribution in [3.05, 3.63) is 69.7 Å². The van der Waals surface area contributed by atoms with Crippen LogP contribution >= 0.6 is 0 Å². The largest absolute Gasteiger partial charge is 0.490 e. The van der Waals surface area contributed by atoms with Gasteiger partial charge in [-0.2, -0.15) is 5.10 Å². The minimum absolute atomic E-state index is 0.303. The molecule has 1 aliphatic carbocycles. The maximum atomic E-state index is 15.7. The molecular weight excluding hydrogens is 533 g/mol. The van der Waals surface area contributed by atoms with Crippen molar-refractivity contribution < 1.29 is 23.4 Å². The van der Waals surface area contributed by atoms with Gasteiger partial charge in [-0.1, -0.05) is 12.1 Å². The number of halogens is 1. The molecule has 1 unspecified atom stereocenters. The second kappa shape index (κ2) is 10.8. The highest BCUT2D eigenvalue weighted by Crippen LogP contribution is 2.42. The number of methoxy groups -OCH3 is 1. The molecular formula is C34H38FN3O4. The van der Waals surface area contributed by atoms with Crippen LogP contribution in [0.2, 0.25) is 0 Å². The number of aryl methyl sites for hydroxylation is 3. The summed E-state index contributed by atoms with van der Waals surface area (Å²) >= 11 is 0. The first kappa shape index (κ1) is 28.3. The Balaban J connectivity index is 1.64. The molecule has 0 saturated carbocycles. The summed E-state index contributed by atoms with van der Waals surface area (Å²) in [5.74, 6) is -0.694. The van der Waals surface area contributed by atoms with Crippen LogP contribution in [0.25, 0.3) is 28.2 Å². The number of rotatable bonds is 5. The third-order valence-corrected chi connectivity index (χ3v) is 8.31. The molecule has 42 heavy (non-hydrogen) atoms. The van der Waals surface area contributed by atoms with Gasteiger partial charge in [0.25, 0.3) is 0 Å². The van der Waals surface area contributed by atoms with Crippen molar-refractivity contribution in [2.75, 3.05) is 13.7 Å². The quantitative estimate of drug-likeness (QED) is 0.239. The van der Waals surface area contributed by atoms with Gasteiger partial charge in [-0.05, 0) is 102 Å². The van der Waals surface area contributed by atoms with Gasteiger partial charge in [0.1, 0.15) is 0 Å². The number of aromatic nitrogens is 3. The Morgan fingerprint density at radius 3 is 2.55 bits per heavy atom. The van der Waals surface area contributed by atoms with Crippen molar-refractivity contribution in [1.29, 1.82) is 0 Å². The average molecular weight is 572 g/mol. The van der Waals surface area contributed by atoms with Crippen LogP contribution in [0.1, 0.15) is 79.6 Å². The Labute approximate surface area is 246 Å². The standard InChI is InChI=1S/C34H38FN3O4/c1-19-24-12-9-15-41-31(24)26(35)17-25(19)30-29(32(33(39)40-6)42-34(3,4)5)20(2)36-28-18-27(37-38(28)30)23-14-13-21-10-7-8-11-22(21)16-23/h13-14,16-18,32H,7-12,15H2,1-6H3. The number of carbonyl (C=O) groups excluding carboxylic acids is 1. The SMILES string of the molecule is COC(=O)C(OC(C)(C)C)c1c(C)nc2cc(-c3ccc4c(c3)CCCC4)nn2c1-c1cc(F)c2c(c1C)CCCO2. The normalized spacial score (nSPS) is 15.6. The van der Waals surface area contributed by atoms with E-state index in [0.29, 0.717) is 46.9 Å². The molecule has 0 bridgehead atoms. The highest BCUT2D eigenvalue weighted by molar-refractivity contribution is 5.83. The van der Waals surface area contributed by atoms with Crippen molar-refractivity contribution in [2.24, 2.45) is 0 Å². The molecule has 0 radical (unpaired) electrons. The van der Waals surface area contributed by atoms with Gasteiger partial charge in [0.05, 0.1) is 30.7 Å². The lowest BCUT2D eigenvalue weighted by atomic mass is 9.90. The molecule has 0 saturated heterocycles. The van der Waals surface area contributed by atoms with Crippen LogP contribution in [0.3, 0.4) is 0 Å². The topological polar surface area (TPSA) is 75.0 Å². The fourth-order valence-corrected chi connectivity index (χ4v) is 6.33. The second-order valence-corrected chi connectivity index (χ2v) is 12.4. The smallest absolute Gasteiger partial charge is 0.339 e. The maximum absolute atomic E-state index is 15.7. The van der Waals surface area contributed by atoms with E-state index in [-0.39, 0.29) is 0 Å². The molecule has 2 aliphatic rings. The minimum atomic E-state index is -1.10. The van der Waals surface area contributed by atoms with Crippen LogP contribution in [-0.2, 0) is 33.5 Å². The van der Waals surface area contributed by atoms with E-state index < -0.39 is 23.5 Å². The lowest BCUT2D eigenvalue weighted by Crippen LogP contribution is -2.30. The van der Waals surface area contributed by atoms with Crippen molar-refractivity contribution in [3.63, 3.8) is 0 Å². The first-order chi connectivity index (χ1) is 20.1. The summed E-state index contributed by atoms with van der Waals surface area (Å²) in [6, 6.07) is 9.98. The molecule has 1 aliphatic heterocycles. The summed E-state index contributed by atoms with van der Waals surface area (Å²) in [7, 11) is 1.34. The fraction of sp³-hybridized carbons (Fsp3) is 0.441. The van der Waals surface area contributed by atoms with Crippen molar-refractivity contribution in [1.82, 2.24) is 14.6 Å². The molecule has 0 N–H and O–H groups in total. The number of hydrogen-bond donors (Lipinski definition) is 0. The van der Waals surface area contributed by atoms with E-state index in [4.69, 9.17) is 24.3 Å². The zero-order valence-corrected chi connectivity index (χ0v) is 25.3. The first-order valence-electron chi connectivity index (χ1n) is 14.8. The van der Waals surface area contributed by atoms with E-state index in [2.05, 4.69) is 18.2 Å². The molecule has 3 heterocycles. The zero-order valence-electron chi connectivity index (χ0n) is 25.3. The van der Waals surface area contributed by atoms with Gasteiger partial charge in [0, 0.05) is 34.0 Å². The van der Waals surface area contributed by atoms with Gasteiger partial charge < -0.3 is 14.2 Å². The average Bonchev–Trinajstić information content (AvgIpc) is 3.40. The first-order valence-corrected chi connectivity index (χ1v) is 14.8. The molecule has 1 atom stereocenters. The van der Waals surface area contributed by atoms with Crippen LogP contribution < -0.4 is 4.74 Å². The lowest BCUT2D eigenvalue weighted by molar-refractivity contribution is -0.164. The van der Waals surface area contributed by atoms with Crippen molar-refractivity contribution in [2.45, 2.75) is 84.8 Å². The van der Waals surface area contributed by atoms with Crippen molar-refractivity contribution >= 4 is 11.6 Å². The Morgan fingerprint density at radius 2 is 1.81 bits per heavy atom. The maximum Gasteiger partial charge on any atom is 0.339 e. The van der Waals surface area contributed by atoms with Crippen LogP contribution in [0.4, 0.5) is 4.39 Å². The van der Waals surface area contributed by atoms with Crippen LogP contribution in [0.5, 0.6) is 5.75 Å². The third kappa shape index (κ3) is 5.06. The molecule has 6 rings (SSSR count). The number of esters is 1. The number of nitrogens with zero attached hydrogens (tertiary/aromatic N) is 3. The highest BCUT2D eigenvalue weighted by atomic mass is 19.1. The van der Waals surface area contributed by atoms with Crippen LogP contribution in [-0.4, -0.2) is 39.9 Å². The number of carbonyl (C=O) groups is 1. The van der Waals surface area contributed by atoms with Crippen LogP contribution in [0.15, 0.2) is 30.3 Å². The predicted molar refractivity (Wildman–Crippen MR) is 159 cm³/mol. The number of ether oxygens (including phenoxy) is 3. The van der Waals surface area contributed by atoms with Gasteiger partial charge in [-0.3, -0.25) is 0 Å². The molecule has 0 fully saturated rings. The summed E-state index contributed by atoms with van der Waals surface area (Å²) in [5.41, 5.74) is 8.43. The van der Waals surface area contributed by atoms with Gasteiger partial charge in [-0.15, -0.1) is 0 Å². The van der Waals surface area contributed by atoms with Gasteiger partial charge >= 0.3 is 5.97 Å². The van der Waals surface area contributed by atoms with E-state index in [0.717, 1.165) is 41.6 Å². The summed E-state index contributed by atoms with van der Waals surface area (Å²) in [4.78, 5) is 18.2. The summed E-state index contributed by atoms with van der Waals surface area (Å²) in [6.45, 7) is 9.95. The van der Waals surface area contributed by atoms with E-state index >= 15 is 4.39 Å². The summed E-state index contributed by atoms with van der Waals surface area (Å²) < 4.78 is 34.7. The number of hydrogen-bond acceptors (Lipinski definition) is 6. The Bertz CT molecular complexity index is 1700. The summed E-state index contributed by atoms with van der Waals surface area (Å²) in [5, 5.41) is 5.05. The predicted octanol–water partition coefficient (Wildman–Crippen LogP) is 7.05. The molecule has 2 aromatic carbocycles. The third-order valence-electron chi connectivity index (χ3n) is 8.31. The minimum Gasteiger partial charge on any atom is -0.490 e. The highest BCUT2D eigenvalue weighted by Gasteiger charge is 2.35. The van der Waals surface area contributed by atoms with E-state index in [9.17, 15) is 4.79 Å². The molecule has 0 amide bonds. The van der Waals surface area contributed by atoms with E-state index in [1.165, 1.54) is 37.1 Å². The van der Waals surface area contributed by atoms with Crippen LogP contribution in [0, 0.1) is 19.7 Å². The molecule has 220 valence electrons. The molecule has 7 nitrogen and oxygen atoms in total. The second-order valence-electron chi connectivity index (χ2n) is 12.4. The van der Waals surface area contributed by atoms with Gasteiger partial charge in [-0.25, -0.2) is 18.7 Å². The van der Waals surface area contributed by atoms with Crippen molar-refractivity contribution in [3.8, 4) is 28.3 Å². The number of benzene rings is 2. The molecule has 2 aromatic heterocycles. The van der Waals surface area contributed by atoms with Gasteiger partial charge in [0.15, 0.2) is 23.3 Å². The fourth-order valence-electron chi connectivity index (χ4n) is 6.33. The van der Waals surface area contributed by atoms with E-state index in [1.54, 1.807) is 4.52 Å². The summed E-state index contributed by atoms with van der Waals surface area (Å²) in [6.07, 6.45) is 4.96.